The molecular weight excluding hydrogens is 324 g/mol. The molecule has 0 aliphatic heterocycles. The molecule has 4 heteroatoms. The zero-order valence-corrected chi connectivity index (χ0v) is 12.9. The first kappa shape index (κ1) is 12.6. The maximum absolute atomic E-state index is 12.4. The van der Waals surface area contributed by atoms with Crippen LogP contribution in [0, 0.1) is 13.8 Å². The van der Waals surface area contributed by atoms with Crippen molar-refractivity contribution in [2.75, 3.05) is 0 Å². The van der Waals surface area contributed by atoms with Gasteiger partial charge < -0.3 is 4.42 Å². The second kappa shape index (κ2) is 4.62. The van der Waals surface area contributed by atoms with Crippen molar-refractivity contribution in [1.82, 2.24) is 0 Å². The highest BCUT2D eigenvalue weighted by atomic mass is 79.9. The Kier molecular flexibility index (Phi) is 3.07. The van der Waals surface area contributed by atoms with Gasteiger partial charge in [-0.05, 0) is 59.6 Å². The summed E-state index contributed by atoms with van der Waals surface area (Å²) in [6, 6.07) is 9.59. The summed E-state index contributed by atoms with van der Waals surface area (Å²) in [6.45, 7) is 3.99. The van der Waals surface area contributed by atoms with E-state index >= 15 is 0 Å². The number of hydrogen-bond donors (Lipinski definition) is 0. The van der Waals surface area contributed by atoms with Crippen molar-refractivity contribution in [2.24, 2.45) is 0 Å². The Balaban J connectivity index is 2.06. The highest BCUT2D eigenvalue weighted by molar-refractivity contribution is 9.11. The molecule has 0 aliphatic rings. The van der Waals surface area contributed by atoms with Crippen LogP contribution < -0.4 is 0 Å². The lowest BCUT2D eigenvalue weighted by atomic mass is 10.1. The average Bonchev–Trinajstić information content (AvgIpc) is 2.92. The highest BCUT2D eigenvalue weighted by Crippen LogP contribution is 2.30. The topological polar surface area (TPSA) is 30.2 Å². The Bertz CT molecular complexity index is 763. The zero-order valence-electron chi connectivity index (χ0n) is 10.5. The third-order valence-electron chi connectivity index (χ3n) is 2.98. The molecule has 3 aromatic rings. The fourth-order valence-corrected chi connectivity index (χ4v) is 3.45. The van der Waals surface area contributed by atoms with E-state index in [9.17, 15) is 4.79 Å². The van der Waals surface area contributed by atoms with E-state index in [0.29, 0.717) is 10.6 Å². The summed E-state index contributed by atoms with van der Waals surface area (Å²) in [5, 5.41) is 0.968. The van der Waals surface area contributed by atoms with E-state index in [4.69, 9.17) is 4.42 Å². The number of carbonyl (C=O) groups is 1. The van der Waals surface area contributed by atoms with Crippen molar-refractivity contribution in [3.63, 3.8) is 0 Å². The van der Waals surface area contributed by atoms with E-state index in [1.54, 1.807) is 0 Å². The summed E-state index contributed by atoms with van der Waals surface area (Å²) in [4.78, 5) is 13.1. The normalized spacial score (nSPS) is 11.1. The number of aryl methyl sites for hydroxylation is 2. The molecule has 0 spiro atoms. The van der Waals surface area contributed by atoms with Crippen molar-refractivity contribution in [3.8, 4) is 0 Å². The smallest absolute Gasteiger partial charge is 0.238 e. The van der Waals surface area contributed by atoms with Gasteiger partial charge >= 0.3 is 0 Å². The number of furan rings is 1. The fourth-order valence-electron chi connectivity index (χ4n) is 1.97. The SMILES string of the molecule is Cc1ccc2oc(C(=O)c3cc(C)c(Br)s3)cc2c1. The van der Waals surface area contributed by atoms with E-state index in [2.05, 4.69) is 15.9 Å². The van der Waals surface area contributed by atoms with Crippen LogP contribution in [0.15, 0.2) is 38.5 Å². The lowest BCUT2D eigenvalue weighted by Crippen LogP contribution is -1.95. The average molecular weight is 335 g/mol. The van der Waals surface area contributed by atoms with Gasteiger partial charge in [-0.1, -0.05) is 11.6 Å². The summed E-state index contributed by atoms with van der Waals surface area (Å²) in [7, 11) is 0. The number of benzene rings is 1. The van der Waals surface area contributed by atoms with E-state index in [1.807, 2.05) is 44.2 Å². The molecule has 0 saturated heterocycles. The molecule has 1 aromatic carbocycles. The number of fused-ring (bicyclic) bond motifs is 1. The van der Waals surface area contributed by atoms with Gasteiger partial charge in [-0.15, -0.1) is 11.3 Å². The number of hydrogen-bond acceptors (Lipinski definition) is 3. The van der Waals surface area contributed by atoms with Gasteiger partial charge in [0.25, 0.3) is 0 Å². The quantitative estimate of drug-likeness (QED) is 0.610. The number of thiophene rings is 1. The monoisotopic (exact) mass is 334 g/mol. The highest BCUT2D eigenvalue weighted by Gasteiger charge is 2.17. The molecule has 0 aliphatic carbocycles. The number of halogens is 1. The molecule has 0 radical (unpaired) electrons. The van der Waals surface area contributed by atoms with Crippen LogP contribution >= 0.6 is 27.3 Å². The molecule has 2 nitrogen and oxygen atoms in total. The molecule has 0 fully saturated rings. The summed E-state index contributed by atoms with van der Waals surface area (Å²) < 4.78 is 6.62. The first-order valence-corrected chi connectivity index (χ1v) is 7.46. The third-order valence-corrected chi connectivity index (χ3v) is 5.11. The minimum Gasteiger partial charge on any atom is -0.453 e. The molecule has 3 rings (SSSR count). The predicted molar refractivity (Wildman–Crippen MR) is 81.1 cm³/mol. The molecule has 0 N–H and O–H groups in total. The molecule has 0 unspecified atom stereocenters. The van der Waals surface area contributed by atoms with Crippen LogP contribution in [-0.4, -0.2) is 5.78 Å². The molecule has 0 amide bonds. The van der Waals surface area contributed by atoms with Gasteiger partial charge in [-0.25, -0.2) is 0 Å². The van der Waals surface area contributed by atoms with Gasteiger partial charge in [0, 0.05) is 5.39 Å². The first-order chi connectivity index (χ1) is 9.04. The number of rotatable bonds is 2. The van der Waals surface area contributed by atoms with Crippen LogP contribution in [0.3, 0.4) is 0 Å². The Labute approximate surface area is 123 Å². The largest absolute Gasteiger partial charge is 0.453 e. The van der Waals surface area contributed by atoms with Crippen LogP contribution in [0.25, 0.3) is 11.0 Å². The van der Waals surface area contributed by atoms with E-state index in [1.165, 1.54) is 11.3 Å². The van der Waals surface area contributed by atoms with Crippen molar-refractivity contribution >= 4 is 44.0 Å². The van der Waals surface area contributed by atoms with Crippen molar-refractivity contribution in [3.05, 3.63) is 55.9 Å². The standard InChI is InChI=1S/C15H11BrO2S/c1-8-3-4-11-10(5-8)7-12(18-11)14(17)13-6-9(2)15(16)19-13/h3-7H,1-2H3. The molecule has 19 heavy (non-hydrogen) atoms. The Morgan fingerprint density at radius 1 is 1.21 bits per heavy atom. The minimum atomic E-state index is -0.0624. The molecule has 0 saturated carbocycles. The van der Waals surface area contributed by atoms with Crippen LogP contribution in [0.2, 0.25) is 0 Å². The number of ketones is 1. The molecule has 96 valence electrons. The maximum atomic E-state index is 12.4. The van der Waals surface area contributed by atoms with Crippen molar-refractivity contribution in [1.29, 1.82) is 0 Å². The summed E-state index contributed by atoms with van der Waals surface area (Å²) in [5.41, 5.74) is 2.98. The van der Waals surface area contributed by atoms with Gasteiger partial charge in [-0.3, -0.25) is 4.79 Å². The van der Waals surface area contributed by atoms with Crippen molar-refractivity contribution < 1.29 is 9.21 Å². The second-order valence-electron chi connectivity index (χ2n) is 4.55. The van der Waals surface area contributed by atoms with Crippen LogP contribution in [0.5, 0.6) is 0 Å². The fraction of sp³-hybridized carbons (Fsp3) is 0.133. The van der Waals surface area contributed by atoms with Crippen molar-refractivity contribution in [2.45, 2.75) is 13.8 Å². The summed E-state index contributed by atoms with van der Waals surface area (Å²) in [5.74, 6) is 0.335. The predicted octanol–water partition coefficient (Wildman–Crippen LogP) is 5.10. The van der Waals surface area contributed by atoms with E-state index < -0.39 is 0 Å². The van der Waals surface area contributed by atoms with Gasteiger partial charge in [0.2, 0.25) is 5.78 Å². The molecule has 0 bridgehead atoms. The van der Waals surface area contributed by atoms with E-state index in [-0.39, 0.29) is 5.78 Å². The Morgan fingerprint density at radius 2 is 2.00 bits per heavy atom. The van der Waals surface area contributed by atoms with E-state index in [0.717, 1.165) is 25.9 Å². The second-order valence-corrected chi connectivity index (χ2v) is 6.92. The lowest BCUT2D eigenvalue weighted by molar-refractivity contribution is 0.101. The molecule has 2 aromatic heterocycles. The molecular formula is C15H11BrO2S. The Hall–Kier alpha value is -1.39. The van der Waals surface area contributed by atoms with Gasteiger partial charge in [0.15, 0.2) is 5.76 Å². The Morgan fingerprint density at radius 3 is 2.68 bits per heavy atom. The van der Waals surface area contributed by atoms with Crippen LogP contribution in [0.4, 0.5) is 0 Å². The third kappa shape index (κ3) is 2.26. The van der Waals surface area contributed by atoms with Gasteiger partial charge in [0.05, 0.1) is 8.66 Å². The van der Waals surface area contributed by atoms with Crippen LogP contribution in [-0.2, 0) is 0 Å². The summed E-state index contributed by atoms with van der Waals surface area (Å²) >= 11 is 4.87. The first-order valence-electron chi connectivity index (χ1n) is 5.85. The molecule has 2 heterocycles. The summed E-state index contributed by atoms with van der Waals surface area (Å²) in [6.07, 6.45) is 0. The van der Waals surface area contributed by atoms with Crippen LogP contribution in [0.1, 0.15) is 26.6 Å². The number of carbonyl (C=O) groups excluding carboxylic acids is 1. The minimum absolute atomic E-state index is 0.0624. The lowest BCUT2D eigenvalue weighted by Gasteiger charge is -1.91. The van der Waals surface area contributed by atoms with Gasteiger partial charge in [0.1, 0.15) is 5.58 Å². The maximum Gasteiger partial charge on any atom is 0.238 e. The van der Waals surface area contributed by atoms with Gasteiger partial charge in [-0.2, -0.15) is 0 Å². The zero-order chi connectivity index (χ0) is 13.6. The molecule has 0 atom stereocenters.